The lowest BCUT2D eigenvalue weighted by Crippen LogP contribution is -2.17. The van der Waals surface area contributed by atoms with E-state index >= 15 is 0 Å². The van der Waals surface area contributed by atoms with E-state index in [0.717, 1.165) is 10.9 Å². The molecule has 1 aromatic heterocycles. The zero-order chi connectivity index (χ0) is 19.7. The lowest BCUT2D eigenvalue weighted by atomic mass is 10.5. The summed E-state index contributed by atoms with van der Waals surface area (Å²) in [6, 6.07) is 1.22. The molecular formula is C10H13Cl6N2O5PS. The first-order chi connectivity index (χ1) is 11.0. The summed E-state index contributed by atoms with van der Waals surface area (Å²) in [5.41, 5.74) is 0.111. The number of nitrogens with zero attached hydrogens (tertiary/aromatic N) is 2. The highest BCUT2D eigenvalue weighted by Crippen LogP contribution is 2.54. The molecule has 0 atom stereocenters. The van der Waals surface area contributed by atoms with Gasteiger partial charge < -0.3 is 9.05 Å². The first-order valence-corrected chi connectivity index (χ1v) is 12.1. The van der Waals surface area contributed by atoms with Crippen LogP contribution in [0.2, 0.25) is 0 Å². The molecule has 0 aliphatic rings. The fourth-order valence-corrected chi connectivity index (χ4v) is 4.84. The first kappa shape index (κ1) is 24.1. The molecule has 0 aliphatic heterocycles. The maximum absolute atomic E-state index is 12.9. The van der Waals surface area contributed by atoms with Crippen molar-refractivity contribution in [2.45, 2.75) is 18.8 Å². The predicted molar refractivity (Wildman–Crippen MR) is 100 cm³/mol. The number of alkyl halides is 6. The fraction of sp³-hybridized carbons (Fsp3) is 0.700. The quantitative estimate of drug-likeness (QED) is 0.397. The third kappa shape index (κ3) is 9.19. The Morgan fingerprint density at radius 3 is 1.88 bits per heavy atom. The van der Waals surface area contributed by atoms with Crippen LogP contribution in [0.5, 0.6) is 0 Å². The maximum Gasteiger partial charge on any atom is 0.336 e. The van der Waals surface area contributed by atoms with Crippen LogP contribution in [0.15, 0.2) is 11.1 Å². The Bertz CT molecular complexity index is 735. The third-order valence-corrected chi connectivity index (χ3v) is 6.03. The summed E-state index contributed by atoms with van der Waals surface area (Å²) in [5, 5.41) is 3.87. The molecule has 15 heteroatoms. The number of sulfone groups is 1. The van der Waals surface area contributed by atoms with E-state index in [-0.39, 0.29) is 10.7 Å². The highest BCUT2D eigenvalue weighted by Gasteiger charge is 2.35. The predicted octanol–water partition coefficient (Wildman–Crippen LogP) is 4.29. The van der Waals surface area contributed by atoms with E-state index < -0.39 is 44.4 Å². The van der Waals surface area contributed by atoms with E-state index in [1.807, 2.05) is 0 Å². The average Bonchev–Trinajstić information content (AvgIpc) is 2.73. The van der Waals surface area contributed by atoms with Gasteiger partial charge in [-0.1, -0.05) is 69.6 Å². The van der Waals surface area contributed by atoms with Crippen LogP contribution in [0, 0.1) is 0 Å². The second kappa shape index (κ2) is 8.60. The lowest BCUT2D eigenvalue weighted by molar-refractivity contribution is 0.208. The van der Waals surface area contributed by atoms with Crippen LogP contribution >= 0.6 is 77.2 Å². The summed E-state index contributed by atoms with van der Waals surface area (Å²) >= 11 is 33.4. The summed E-state index contributed by atoms with van der Waals surface area (Å²) in [4.78, 5) is 0. The van der Waals surface area contributed by atoms with Gasteiger partial charge in [0.1, 0.15) is 13.2 Å². The fourth-order valence-electron chi connectivity index (χ4n) is 1.60. The Hall–Kier alpha value is 1.05. The minimum absolute atomic E-state index is 0.0863. The molecule has 0 unspecified atom stereocenters. The summed E-state index contributed by atoms with van der Waals surface area (Å²) in [6.45, 7) is -1.14. The Kier molecular flexibility index (Phi) is 8.28. The molecule has 1 heterocycles. The zero-order valence-electron chi connectivity index (χ0n) is 12.8. The Labute approximate surface area is 175 Å². The normalized spacial score (nSPS) is 14.1. The van der Waals surface area contributed by atoms with E-state index in [1.165, 1.54) is 13.1 Å². The van der Waals surface area contributed by atoms with Gasteiger partial charge in [0.05, 0.1) is 11.9 Å². The Balaban J connectivity index is 3.06. The number of hydrogen-bond donors (Lipinski definition) is 0. The van der Waals surface area contributed by atoms with Crippen molar-refractivity contribution < 1.29 is 22.0 Å². The van der Waals surface area contributed by atoms with Gasteiger partial charge in [-0.2, -0.15) is 5.10 Å². The molecule has 146 valence electrons. The van der Waals surface area contributed by atoms with Gasteiger partial charge >= 0.3 is 7.60 Å². The van der Waals surface area contributed by atoms with E-state index in [1.54, 1.807) is 0 Å². The largest absolute Gasteiger partial charge is 0.336 e. The third-order valence-electron chi connectivity index (χ3n) is 2.47. The summed E-state index contributed by atoms with van der Waals surface area (Å²) in [7, 11) is -6.10. The van der Waals surface area contributed by atoms with Crippen LogP contribution in [0.1, 0.15) is 5.69 Å². The van der Waals surface area contributed by atoms with Crippen LogP contribution in [0.25, 0.3) is 0 Å². The summed E-state index contributed by atoms with van der Waals surface area (Å²) in [5.74, 6) is 0. The van der Waals surface area contributed by atoms with Gasteiger partial charge in [0, 0.05) is 13.3 Å². The van der Waals surface area contributed by atoms with E-state index in [0.29, 0.717) is 0 Å². The molecule has 0 saturated heterocycles. The molecule has 0 radical (unpaired) electrons. The molecular weight excluding hydrogens is 504 g/mol. The van der Waals surface area contributed by atoms with Crippen LogP contribution in [0.4, 0.5) is 0 Å². The van der Waals surface area contributed by atoms with E-state index in [9.17, 15) is 13.0 Å². The second-order valence-corrected chi connectivity index (χ2v) is 14.0. The van der Waals surface area contributed by atoms with E-state index in [4.69, 9.17) is 78.7 Å². The molecule has 0 aromatic carbocycles. The molecule has 0 N–H and O–H groups in total. The molecule has 0 fully saturated rings. The number of halogens is 6. The molecule has 1 rings (SSSR count). The van der Waals surface area contributed by atoms with Crippen molar-refractivity contribution in [3.05, 3.63) is 11.8 Å². The number of hydrogen-bond acceptors (Lipinski definition) is 6. The number of aromatic nitrogens is 2. The van der Waals surface area contributed by atoms with Crippen molar-refractivity contribution in [3.8, 4) is 0 Å². The summed E-state index contributed by atoms with van der Waals surface area (Å²) < 4.78 is 43.7. The van der Waals surface area contributed by atoms with Crippen molar-refractivity contribution in [1.29, 1.82) is 0 Å². The zero-order valence-corrected chi connectivity index (χ0v) is 19.0. The second-order valence-electron chi connectivity index (χ2n) is 4.92. The number of aryl methyl sites for hydroxylation is 1. The van der Waals surface area contributed by atoms with Crippen LogP contribution in [-0.4, -0.2) is 45.3 Å². The van der Waals surface area contributed by atoms with Crippen molar-refractivity contribution in [2.75, 3.05) is 19.5 Å². The van der Waals surface area contributed by atoms with Gasteiger partial charge in [0.2, 0.25) is 7.59 Å². The van der Waals surface area contributed by atoms with Crippen molar-refractivity contribution in [3.63, 3.8) is 0 Å². The minimum Gasteiger partial charge on any atom is -0.304 e. The maximum atomic E-state index is 12.9. The number of rotatable bonds is 7. The van der Waals surface area contributed by atoms with Crippen molar-refractivity contribution >= 4 is 87.0 Å². The van der Waals surface area contributed by atoms with Crippen molar-refractivity contribution in [2.24, 2.45) is 7.05 Å². The minimum atomic E-state index is -3.97. The van der Waals surface area contributed by atoms with E-state index in [2.05, 4.69) is 5.10 Å². The first-order valence-electron chi connectivity index (χ1n) is 6.25. The van der Waals surface area contributed by atoms with Gasteiger partial charge in [-0.15, -0.1) is 0 Å². The SMILES string of the molecule is Cn1nc(CP(=O)(OCC(Cl)(Cl)Cl)OCC(Cl)(Cl)Cl)cc1S(C)(=O)=O. The topological polar surface area (TPSA) is 87.5 Å². The van der Waals surface area contributed by atoms with Crippen LogP contribution in [0.3, 0.4) is 0 Å². The van der Waals surface area contributed by atoms with Gasteiger partial charge in [0.25, 0.3) is 0 Å². The molecule has 0 aliphatic carbocycles. The van der Waals surface area contributed by atoms with Gasteiger partial charge in [-0.25, -0.2) is 8.42 Å². The molecule has 0 amide bonds. The monoisotopic (exact) mass is 514 g/mol. The van der Waals surface area contributed by atoms with Gasteiger partial charge in [-0.05, 0) is 6.07 Å². The molecule has 0 bridgehead atoms. The molecule has 7 nitrogen and oxygen atoms in total. The standard InChI is InChI=1S/C10H13Cl6N2O5PS/c1-18-8(25(2,20)21)3-7(17-18)4-24(19,22-5-9(11,12)13)23-6-10(14,15)16/h3H,4-6H2,1-2H3. The van der Waals surface area contributed by atoms with Gasteiger partial charge in [-0.3, -0.25) is 9.25 Å². The molecule has 0 spiro atoms. The Morgan fingerprint density at radius 2 is 1.56 bits per heavy atom. The highest BCUT2D eigenvalue weighted by molar-refractivity contribution is 7.90. The van der Waals surface area contributed by atoms with Crippen LogP contribution in [-0.2, 0) is 36.7 Å². The van der Waals surface area contributed by atoms with Gasteiger partial charge in [0.15, 0.2) is 14.9 Å². The highest BCUT2D eigenvalue weighted by atomic mass is 35.6. The lowest BCUT2D eigenvalue weighted by Gasteiger charge is -2.22. The smallest absolute Gasteiger partial charge is 0.304 e. The van der Waals surface area contributed by atoms with Crippen molar-refractivity contribution in [1.82, 2.24) is 9.78 Å². The molecule has 0 saturated carbocycles. The Morgan fingerprint density at radius 1 is 1.12 bits per heavy atom. The van der Waals surface area contributed by atoms with Crippen LogP contribution < -0.4 is 0 Å². The average molecular weight is 517 g/mol. The molecule has 1 aromatic rings. The summed E-state index contributed by atoms with van der Waals surface area (Å²) in [6.07, 6.45) is 0.587. The molecule has 25 heavy (non-hydrogen) atoms.